The molecule has 0 unspecified atom stereocenters. The van der Waals surface area contributed by atoms with Crippen LogP contribution in [-0.2, 0) is 9.59 Å². The third-order valence-corrected chi connectivity index (χ3v) is 5.34. The molecule has 2 aromatic rings. The second kappa shape index (κ2) is 7.86. The van der Waals surface area contributed by atoms with Gasteiger partial charge in [-0.1, -0.05) is 42.1 Å². The number of benzene rings is 1. The minimum Gasteiger partial charge on any atom is -0.481 e. The van der Waals surface area contributed by atoms with E-state index >= 15 is 0 Å². The Bertz CT molecular complexity index is 793. The van der Waals surface area contributed by atoms with Gasteiger partial charge < -0.3 is 10.0 Å². The molecule has 1 saturated heterocycles. The number of carbonyl (C=O) groups is 2. The summed E-state index contributed by atoms with van der Waals surface area (Å²) in [6.45, 7) is 4.45. The van der Waals surface area contributed by atoms with Crippen LogP contribution in [0, 0.1) is 19.8 Å². The second-order valence-electron chi connectivity index (χ2n) is 6.48. The predicted octanol–water partition coefficient (Wildman–Crippen LogP) is 2.51. The molecule has 1 N–H and O–H groups in total. The van der Waals surface area contributed by atoms with Crippen molar-refractivity contribution in [2.24, 2.45) is 5.92 Å². The third kappa shape index (κ3) is 4.22. The first kappa shape index (κ1) is 18.4. The van der Waals surface area contributed by atoms with Crippen LogP contribution >= 0.6 is 11.8 Å². The van der Waals surface area contributed by atoms with E-state index in [1.54, 1.807) is 4.90 Å². The number of aromatic nitrogens is 2. The van der Waals surface area contributed by atoms with Gasteiger partial charge in [-0.25, -0.2) is 9.97 Å². The van der Waals surface area contributed by atoms with Gasteiger partial charge in [0.25, 0.3) is 0 Å². The summed E-state index contributed by atoms with van der Waals surface area (Å²) in [4.78, 5) is 34.5. The van der Waals surface area contributed by atoms with E-state index in [9.17, 15) is 14.7 Å². The summed E-state index contributed by atoms with van der Waals surface area (Å²) >= 11 is 1.29. The number of carboxylic acid groups (broad SMARTS) is 1. The Balaban J connectivity index is 1.67. The minimum absolute atomic E-state index is 0.0811. The van der Waals surface area contributed by atoms with E-state index in [-0.39, 0.29) is 24.1 Å². The van der Waals surface area contributed by atoms with Gasteiger partial charge in [-0.3, -0.25) is 9.59 Å². The highest BCUT2D eigenvalue weighted by Crippen LogP contribution is 2.33. The third-order valence-electron chi connectivity index (χ3n) is 4.50. The van der Waals surface area contributed by atoms with Crippen LogP contribution in [0.15, 0.2) is 41.6 Å². The Hall–Kier alpha value is -2.41. The van der Waals surface area contributed by atoms with Crippen LogP contribution in [0.2, 0.25) is 0 Å². The molecule has 1 amide bonds. The van der Waals surface area contributed by atoms with E-state index in [1.165, 1.54) is 11.8 Å². The van der Waals surface area contributed by atoms with Gasteiger partial charge in [-0.05, 0) is 25.5 Å². The molecule has 0 radical (unpaired) electrons. The van der Waals surface area contributed by atoms with Crippen molar-refractivity contribution in [2.45, 2.75) is 24.9 Å². The van der Waals surface area contributed by atoms with Gasteiger partial charge in [0, 0.05) is 30.4 Å². The van der Waals surface area contributed by atoms with E-state index in [0.717, 1.165) is 17.0 Å². The van der Waals surface area contributed by atoms with Crippen molar-refractivity contribution in [3.05, 3.63) is 53.3 Å². The summed E-state index contributed by atoms with van der Waals surface area (Å²) in [5.41, 5.74) is 2.69. The number of nitrogens with zero attached hydrogens (tertiary/aromatic N) is 3. The lowest BCUT2D eigenvalue weighted by molar-refractivity contribution is -0.141. The SMILES string of the molecule is Cc1cc(C)nc(SCC(=O)N2C[C@H](C(=O)O)[C@H](c3ccccc3)C2)n1. The first-order valence-electron chi connectivity index (χ1n) is 8.44. The van der Waals surface area contributed by atoms with Crippen molar-refractivity contribution < 1.29 is 14.7 Å². The summed E-state index contributed by atoms with van der Waals surface area (Å²) in [5, 5.41) is 10.1. The Morgan fingerprint density at radius 1 is 1.15 bits per heavy atom. The maximum absolute atomic E-state index is 12.6. The van der Waals surface area contributed by atoms with Gasteiger partial charge in [-0.2, -0.15) is 0 Å². The Morgan fingerprint density at radius 2 is 1.81 bits per heavy atom. The summed E-state index contributed by atoms with van der Waals surface area (Å²) in [7, 11) is 0. The molecule has 2 heterocycles. The van der Waals surface area contributed by atoms with Crippen LogP contribution < -0.4 is 0 Å². The number of hydrogen-bond acceptors (Lipinski definition) is 5. The maximum Gasteiger partial charge on any atom is 0.308 e. The van der Waals surface area contributed by atoms with Gasteiger partial charge in [0.15, 0.2) is 5.16 Å². The number of amides is 1. The largest absolute Gasteiger partial charge is 0.481 e. The fourth-order valence-corrected chi connectivity index (χ4v) is 4.12. The lowest BCUT2D eigenvalue weighted by atomic mass is 9.89. The molecule has 7 heteroatoms. The van der Waals surface area contributed by atoms with E-state index in [2.05, 4.69) is 9.97 Å². The smallest absolute Gasteiger partial charge is 0.308 e. The van der Waals surface area contributed by atoms with E-state index in [1.807, 2.05) is 50.2 Å². The van der Waals surface area contributed by atoms with E-state index < -0.39 is 11.9 Å². The van der Waals surface area contributed by atoms with Gasteiger partial charge in [0.05, 0.1) is 11.7 Å². The van der Waals surface area contributed by atoms with Crippen LogP contribution in [0.3, 0.4) is 0 Å². The van der Waals surface area contributed by atoms with E-state index in [0.29, 0.717) is 11.7 Å². The first-order valence-corrected chi connectivity index (χ1v) is 9.43. The Morgan fingerprint density at radius 3 is 2.42 bits per heavy atom. The van der Waals surface area contributed by atoms with Crippen molar-refractivity contribution in [1.29, 1.82) is 0 Å². The van der Waals surface area contributed by atoms with Gasteiger partial charge in [0.2, 0.25) is 5.91 Å². The van der Waals surface area contributed by atoms with Crippen molar-refractivity contribution in [2.75, 3.05) is 18.8 Å². The summed E-state index contributed by atoms with van der Waals surface area (Å²) in [6, 6.07) is 11.4. The molecule has 6 nitrogen and oxygen atoms in total. The van der Waals surface area contributed by atoms with Crippen LogP contribution in [0.4, 0.5) is 0 Å². The lowest BCUT2D eigenvalue weighted by Gasteiger charge is -2.16. The van der Waals surface area contributed by atoms with Gasteiger partial charge in [0.1, 0.15) is 0 Å². The molecular weight excluding hydrogens is 350 g/mol. The molecule has 0 bridgehead atoms. The molecule has 1 aromatic carbocycles. The summed E-state index contributed by atoms with van der Waals surface area (Å²) in [5.74, 6) is -1.50. The van der Waals surface area contributed by atoms with Crippen LogP contribution in [0.1, 0.15) is 22.9 Å². The van der Waals surface area contributed by atoms with Crippen molar-refractivity contribution in [1.82, 2.24) is 14.9 Å². The number of likely N-dealkylation sites (tertiary alicyclic amines) is 1. The monoisotopic (exact) mass is 371 g/mol. The highest BCUT2D eigenvalue weighted by atomic mass is 32.2. The number of carbonyl (C=O) groups excluding carboxylic acids is 1. The van der Waals surface area contributed by atoms with Crippen LogP contribution in [0.5, 0.6) is 0 Å². The number of thioether (sulfide) groups is 1. The first-order chi connectivity index (χ1) is 12.4. The van der Waals surface area contributed by atoms with E-state index in [4.69, 9.17) is 0 Å². The fourth-order valence-electron chi connectivity index (χ4n) is 3.27. The zero-order valence-corrected chi connectivity index (χ0v) is 15.6. The lowest BCUT2D eigenvalue weighted by Crippen LogP contribution is -2.31. The van der Waals surface area contributed by atoms with Gasteiger partial charge in [-0.15, -0.1) is 0 Å². The maximum atomic E-state index is 12.6. The predicted molar refractivity (Wildman–Crippen MR) is 99.1 cm³/mol. The molecule has 1 fully saturated rings. The van der Waals surface area contributed by atoms with Crippen LogP contribution in [-0.4, -0.2) is 50.7 Å². The average Bonchev–Trinajstić information content (AvgIpc) is 3.05. The minimum atomic E-state index is -0.862. The molecule has 1 aliphatic heterocycles. The molecule has 26 heavy (non-hydrogen) atoms. The molecule has 3 rings (SSSR count). The standard InChI is InChI=1S/C19H21N3O3S/c1-12-8-13(2)21-19(20-12)26-11-17(23)22-9-15(16(10-22)18(24)25)14-6-4-3-5-7-14/h3-8,15-16H,9-11H2,1-2H3,(H,24,25)/t15-,16-/m0/s1. The zero-order valence-electron chi connectivity index (χ0n) is 14.8. The highest BCUT2D eigenvalue weighted by Gasteiger charge is 2.40. The normalized spacial score (nSPS) is 19.5. The molecule has 1 aromatic heterocycles. The molecule has 0 spiro atoms. The Labute approximate surface area is 156 Å². The topological polar surface area (TPSA) is 83.4 Å². The van der Waals surface area contributed by atoms with Crippen LogP contribution in [0.25, 0.3) is 0 Å². The Kier molecular flexibility index (Phi) is 5.56. The summed E-state index contributed by atoms with van der Waals surface area (Å²) in [6.07, 6.45) is 0. The van der Waals surface area contributed by atoms with Crippen molar-refractivity contribution in [3.8, 4) is 0 Å². The number of rotatable bonds is 5. The quantitative estimate of drug-likeness (QED) is 0.642. The number of aliphatic carboxylic acids is 1. The zero-order chi connectivity index (χ0) is 18.7. The van der Waals surface area contributed by atoms with Gasteiger partial charge >= 0.3 is 5.97 Å². The molecule has 1 aliphatic rings. The fraction of sp³-hybridized carbons (Fsp3) is 0.368. The number of aryl methyl sites for hydroxylation is 2. The molecule has 0 aliphatic carbocycles. The molecule has 2 atom stereocenters. The van der Waals surface area contributed by atoms with Crippen molar-refractivity contribution >= 4 is 23.6 Å². The van der Waals surface area contributed by atoms with Crippen molar-refractivity contribution in [3.63, 3.8) is 0 Å². The molecular formula is C19H21N3O3S. The highest BCUT2D eigenvalue weighted by molar-refractivity contribution is 7.99. The average molecular weight is 371 g/mol. The number of hydrogen-bond donors (Lipinski definition) is 1. The molecule has 136 valence electrons. The second-order valence-corrected chi connectivity index (χ2v) is 7.43. The molecule has 0 saturated carbocycles. The summed E-state index contributed by atoms with van der Waals surface area (Å²) < 4.78 is 0. The number of carboxylic acids is 1.